The van der Waals surface area contributed by atoms with E-state index in [0.29, 0.717) is 17.4 Å². The monoisotopic (exact) mass is 463 g/mol. The van der Waals surface area contributed by atoms with E-state index in [9.17, 15) is 0 Å². The first-order chi connectivity index (χ1) is 13.7. The maximum Gasteiger partial charge on any atom is 0.162 e. The molecule has 2 aromatic rings. The molecule has 0 radical (unpaired) electrons. The lowest BCUT2D eigenvalue weighted by Crippen LogP contribution is -2.16. The molecular weight excluding hydrogens is 438 g/mol. The van der Waals surface area contributed by atoms with Crippen molar-refractivity contribution in [1.82, 2.24) is 5.32 Å². The van der Waals surface area contributed by atoms with E-state index in [-0.39, 0.29) is 0 Å². The second-order valence-electron chi connectivity index (χ2n) is 7.05. The molecule has 0 heterocycles. The van der Waals surface area contributed by atoms with Crippen molar-refractivity contribution in [1.29, 1.82) is 0 Å². The molecule has 0 saturated heterocycles. The lowest BCUT2D eigenvalue weighted by Gasteiger charge is -2.15. The highest BCUT2D eigenvalue weighted by Crippen LogP contribution is 2.34. The first-order valence-electron chi connectivity index (χ1n) is 9.78. The van der Waals surface area contributed by atoms with Crippen LogP contribution >= 0.6 is 27.5 Å². The minimum absolute atomic E-state index is 0.441. The first kappa shape index (κ1) is 21.2. The molecule has 0 aliphatic heterocycles. The van der Waals surface area contributed by atoms with E-state index in [0.717, 1.165) is 40.9 Å². The van der Waals surface area contributed by atoms with Crippen LogP contribution in [0.15, 0.2) is 52.5 Å². The number of benzene rings is 2. The summed E-state index contributed by atoms with van der Waals surface area (Å²) in [5.74, 6) is 1.45. The molecule has 150 valence electrons. The summed E-state index contributed by atoms with van der Waals surface area (Å²) in [4.78, 5) is 0. The van der Waals surface area contributed by atoms with Crippen molar-refractivity contribution in [2.45, 2.75) is 45.3 Å². The highest BCUT2D eigenvalue weighted by Gasteiger charge is 2.11. The number of nitrogens with one attached hydrogen (secondary N) is 1. The number of halogens is 2. The zero-order chi connectivity index (χ0) is 19.8. The maximum absolute atomic E-state index is 6.04. The zero-order valence-corrected chi connectivity index (χ0v) is 18.6. The minimum atomic E-state index is 0.441. The van der Waals surface area contributed by atoms with E-state index in [1.807, 2.05) is 36.4 Å². The van der Waals surface area contributed by atoms with Gasteiger partial charge in [-0.25, -0.2) is 0 Å². The van der Waals surface area contributed by atoms with Crippen molar-refractivity contribution >= 4 is 27.5 Å². The van der Waals surface area contributed by atoms with E-state index in [2.05, 4.69) is 27.3 Å². The van der Waals surface area contributed by atoms with Gasteiger partial charge in [-0.3, -0.25) is 0 Å². The quantitative estimate of drug-likeness (QED) is 0.332. The van der Waals surface area contributed by atoms with Crippen molar-refractivity contribution in [3.8, 4) is 11.5 Å². The van der Waals surface area contributed by atoms with Crippen molar-refractivity contribution in [2.24, 2.45) is 0 Å². The first-order valence-corrected chi connectivity index (χ1v) is 10.9. The van der Waals surface area contributed by atoms with Crippen molar-refractivity contribution in [3.63, 3.8) is 0 Å². The molecule has 3 nitrogen and oxygen atoms in total. The predicted octanol–water partition coefficient (Wildman–Crippen LogP) is 6.67. The van der Waals surface area contributed by atoms with Gasteiger partial charge in [0.1, 0.15) is 6.61 Å². The smallest absolute Gasteiger partial charge is 0.162 e. The van der Waals surface area contributed by atoms with E-state index in [1.165, 1.54) is 25.7 Å². The van der Waals surface area contributed by atoms with Gasteiger partial charge in [-0.05, 0) is 74.0 Å². The summed E-state index contributed by atoms with van der Waals surface area (Å²) in [6, 6.07) is 11.7. The Kier molecular flexibility index (Phi) is 8.26. The van der Waals surface area contributed by atoms with E-state index >= 15 is 0 Å². The van der Waals surface area contributed by atoms with Gasteiger partial charge in [0.2, 0.25) is 0 Å². The molecule has 28 heavy (non-hydrogen) atoms. The van der Waals surface area contributed by atoms with Crippen LogP contribution in [-0.4, -0.2) is 13.7 Å². The number of hydrogen-bond acceptors (Lipinski definition) is 3. The Balaban J connectivity index is 1.56. The van der Waals surface area contributed by atoms with Crippen LogP contribution in [0.1, 0.15) is 43.2 Å². The Morgan fingerprint density at radius 3 is 2.79 bits per heavy atom. The molecule has 2 aromatic carbocycles. The van der Waals surface area contributed by atoms with Crippen LogP contribution in [0.25, 0.3) is 0 Å². The maximum atomic E-state index is 6.04. The molecule has 0 amide bonds. The summed E-state index contributed by atoms with van der Waals surface area (Å²) in [6.45, 7) is 2.22. The topological polar surface area (TPSA) is 30.5 Å². The van der Waals surface area contributed by atoms with Gasteiger partial charge in [-0.1, -0.05) is 51.3 Å². The largest absolute Gasteiger partial charge is 0.493 e. The van der Waals surface area contributed by atoms with Gasteiger partial charge in [-0.15, -0.1) is 0 Å². The zero-order valence-electron chi connectivity index (χ0n) is 16.3. The van der Waals surface area contributed by atoms with Crippen LogP contribution in [-0.2, 0) is 13.2 Å². The Morgan fingerprint density at radius 2 is 2.04 bits per heavy atom. The van der Waals surface area contributed by atoms with Crippen LogP contribution in [0.2, 0.25) is 5.02 Å². The normalized spacial score (nSPS) is 13.9. The summed E-state index contributed by atoms with van der Waals surface area (Å²) >= 11 is 9.71. The van der Waals surface area contributed by atoms with Crippen LogP contribution in [0.3, 0.4) is 0 Å². The van der Waals surface area contributed by atoms with Gasteiger partial charge in [0.15, 0.2) is 11.5 Å². The molecule has 0 bridgehead atoms. The fraction of sp³-hybridized carbons (Fsp3) is 0.391. The van der Waals surface area contributed by atoms with Gasteiger partial charge in [0.05, 0.1) is 7.11 Å². The number of allylic oxidation sites excluding steroid dienone is 1. The van der Waals surface area contributed by atoms with Crippen molar-refractivity contribution in [2.75, 3.05) is 13.7 Å². The summed E-state index contributed by atoms with van der Waals surface area (Å²) in [7, 11) is 1.67. The summed E-state index contributed by atoms with van der Waals surface area (Å²) in [6.07, 6.45) is 8.74. The second kappa shape index (κ2) is 10.9. The molecule has 1 aliphatic carbocycles. The minimum Gasteiger partial charge on any atom is -0.493 e. The molecule has 0 saturated carbocycles. The van der Waals surface area contributed by atoms with Gasteiger partial charge in [0.25, 0.3) is 0 Å². The van der Waals surface area contributed by atoms with E-state index < -0.39 is 0 Å². The average molecular weight is 465 g/mol. The third kappa shape index (κ3) is 6.26. The third-order valence-corrected chi connectivity index (χ3v) is 5.91. The molecule has 0 unspecified atom stereocenters. The number of methoxy groups -OCH3 is 1. The summed E-state index contributed by atoms with van der Waals surface area (Å²) in [5.41, 5.74) is 3.78. The SMILES string of the molecule is COc1cc(CNCCC2=CCCCC2)c(Br)cc1OCc1cccc(Cl)c1. The van der Waals surface area contributed by atoms with Crippen LogP contribution < -0.4 is 14.8 Å². The highest BCUT2D eigenvalue weighted by atomic mass is 79.9. The van der Waals surface area contributed by atoms with Gasteiger partial charge in [-0.2, -0.15) is 0 Å². The van der Waals surface area contributed by atoms with Crippen molar-refractivity contribution < 1.29 is 9.47 Å². The molecule has 3 rings (SSSR count). The standard InChI is InChI=1S/C23H27BrClNO2/c1-27-22-13-19(15-26-11-10-17-6-3-2-4-7-17)21(24)14-23(22)28-16-18-8-5-9-20(25)12-18/h5-6,8-9,12-14,26H,2-4,7,10-11,15-16H2,1H3. The number of rotatable bonds is 9. The molecular formula is C23H27BrClNO2. The Morgan fingerprint density at radius 1 is 1.14 bits per heavy atom. The Hall–Kier alpha value is -1.49. The lowest BCUT2D eigenvalue weighted by atomic mass is 9.97. The van der Waals surface area contributed by atoms with Gasteiger partial charge < -0.3 is 14.8 Å². The average Bonchev–Trinajstić information content (AvgIpc) is 2.71. The van der Waals surface area contributed by atoms with Crippen molar-refractivity contribution in [3.05, 3.63) is 68.7 Å². The van der Waals surface area contributed by atoms with Gasteiger partial charge >= 0.3 is 0 Å². The number of hydrogen-bond donors (Lipinski definition) is 1. The fourth-order valence-corrected chi connectivity index (χ4v) is 4.05. The van der Waals surface area contributed by atoms with Crippen LogP contribution in [0.4, 0.5) is 0 Å². The van der Waals surface area contributed by atoms with Crippen LogP contribution in [0.5, 0.6) is 11.5 Å². The Bertz CT molecular complexity index is 822. The van der Waals surface area contributed by atoms with E-state index in [1.54, 1.807) is 12.7 Å². The third-order valence-electron chi connectivity index (χ3n) is 4.94. The second-order valence-corrected chi connectivity index (χ2v) is 8.34. The predicted molar refractivity (Wildman–Crippen MR) is 119 cm³/mol. The van der Waals surface area contributed by atoms with Gasteiger partial charge in [0, 0.05) is 16.0 Å². The van der Waals surface area contributed by atoms with E-state index in [4.69, 9.17) is 21.1 Å². The Labute approximate surface area is 181 Å². The summed E-state index contributed by atoms with van der Waals surface area (Å²) < 4.78 is 12.5. The highest BCUT2D eigenvalue weighted by molar-refractivity contribution is 9.10. The molecule has 0 atom stereocenters. The molecule has 1 aliphatic rings. The molecule has 1 N–H and O–H groups in total. The fourth-order valence-electron chi connectivity index (χ4n) is 3.38. The summed E-state index contributed by atoms with van der Waals surface area (Å²) in [5, 5.41) is 4.25. The van der Waals surface area contributed by atoms with Crippen LogP contribution in [0, 0.1) is 0 Å². The molecule has 0 aromatic heterocycles. The molecule has 0 fully saturated rings. The number of ether oxygens (including phenoxy) is 2. The molecule has 0 spiro atoms. The lowest BCUT2D eigenvalue weighted by molar-refractivity contribution is 0.284. The molecule has 5 heteroatoms.